The normalized spacial score (nSPS) is 30.6. The zero-order valence-corrected chi connectivity index (χ0v) is 14.8. The van der Waals surface area contributed by atoms with Crippen molar-refractivity contribution in [1.29, 1.82) is 0 Å². The number of aliphatic hydroxyl groups is 1. The van der Waals surface area contributed by atoms with E-state index in [1.165, 1.54) is 18.4 Å². The lowest BCUT2D eigenvalue weighted by Crippen LogP contribution is -2.49. The number of ether oxygens (including phenoxy) is 2. The second kappa shape index (κ2) is 6.47. The van der Waals surface area contributed by atoms with Crippen LogP contribution < -0.4 is 4.74 Å². The van der Waals surface area contributed by atoms with Crippen molar-refractivity contribution in [3.8, 4) is 11.5 Å². The fourth-order valence-corrected chi connectivity index (χ4v) is 5.15. The summed E-state index contributed by atoms with van der Waals surface area (Å²) < 4.78 is 11.5. The van der Waals surface area contributed by atoms with Gasteiger partial charge in [-0.1, -0.05) is 30.3 Å². The Balaban J connectivity index is 1.61. The number of benzene rings is 2. The molecule has 0 aliphatic heterocycles. The maximum atomic E-state index is 10.1. The second-order valence-corrected chi connectivity index (χ2v) is 7.64. The standard InChI is InChI=1S/C22H26O3/c1-24-16-21(15-23)12-13-22(11-10-20(21)22)17-6-5-9-19(14-17)25-18-7-3-2-4-8-18/h2-9,14,20,23H,10-13,15-16H2,1H3. The summed E-state index contributed by atoms with van der Waals surface area (Å²) in [5, 5.41) is 10.1. The summed E-state index contributed by atoms with van der Waals surface area (Å²) in [4.78, 5) is 0. The van der Waals surface area contributed by atoms with Crippen LogP contribution in [0.1, 0.15) is 31.2 Å². The molecule has 0 spiro atoms. The van der Waals surface area contributed by atoms with Crippen LogP contribution >= 0.6 is 0 Å². The number of methoxy groups -OCH3 is 1. The Hall–Kier alpha value is -1.84. The minimum absolute atomic E-state index is 0.0801. The maximum Gasteiger partial charge on any atom is 0.127 e. The third-order valence-corrected chi connectivity index (χ3v) is 6.49. The van der Waals surface area contributed by atoms with Gasteiger partial charge in [-0.2, -0.15) is 0 Å². The highest BCUT2D eigenvalue weighted by Gasteiger charge is 2.62. The number of aliphatic hydroxyl groups excluding tert-OH is 1. The highest BCUT2D eigenvalue weighted by atomic mass is 16.5. The van der Waals surface area contributed by atoms with Crippen molar-refractivity contribution in [2.75, 3.05) is 20.3 Å². The fraction of sp³-hybridized carbons (Fsp3) is 0.455. The summed E-state index contributed by atoms with van der Waals surface area (Å²) in [6.07, 6.45) is 4.52. The molecule has 2 saturated carbocycles. The Labute approximate surface area is 149 Å². The molecule has 2 aromatic rings. The summed E-state index contributed by atoms with van der Waals surface area (Å²) in [5.74, 6) is 2.24. The smallest absolute Gasteiger partial charge is 0.127 e. The molecule has 132 valence electrons. The molecule has 0 bridgehead atoms. The quantitative estimate of drug-likeness (QED) is 0.840. The van der Waals surface area contributed by atoms with E-state index in [4.69, 9.17) is 9.47 Å². The molecule has 3 unspecified atom stereocenters. The van der Waals surface area contributed by atoms with Crippen molar-refractivity contribution in [3.05, 3.63) is 60.2 Å². The summed E-state index contributed by atoms with van der Waals surface area (Å²) in [6.45, 7) is 0.865. The van der Waals surface area contributed by atoms with Crippen molar-refractivity contribution in [2.24, 2.45) is 11.3 Å². The monoisotopic (exact) mass is 338 g/mol. The van der Waals surface area contributed by atoms with Crippen molar-refractivity contribution in [1.82, 2.24) is 0 Å². The summed E-state index contributed by atoms with van der Waals surface area (Å²) in [7, 11) is 1.74. The molecule has 3 nitrogen and oxygen atoms in total. The predicted molar refractivity (Wildman–Crippen MR) is 98.0 cm³/mol. The van der Waals surface area contributed by atoms with Gasteiger partial charge in [-0.15, -0.1) is 0 Å². The van der Waals surface area contributed by atoms with E-state index < -0.39 is 0 Å². The first kappa shape index (κ1) is 16.6. The largest absolute Gasteiger partial charge is 0.457 e. The molecule has 0 radical (unpaired) electrons. The number of hydrogen-bond acceptors (Lipinski definition) is 3. The van der Waals surface area contributed by atoms with Gasteiger partial charge in [0.1, 0.15) is 11.5 Å². The van der Waals surface area contributed by atoms with Crippen LogP contribution in [-0.2, 0) is 10.2 Å². The minimum atomic E-state index is -0.0801. The van der Waals surface area contributed by atoms with Crippen molar-refractivity contribution < 1.29 is 14.6 Å². The van der Waals surface area contributed by atoms with E-state index in [1.54, 1.807) is 7.11 Å². The molecule has 0 heterocycles. The van der Waals surface area contributed by atoms with Gasteiger partial charge in [-0.25, -0.2) is 0 Å². The SMILES string of the molecule is COCC1(CO)CCC2(c3cccc(Oc4ccccc4)c3)CCC12. The topological polar surface area (TPSA) is 38.7 Å². The summed E-state index contributed by atoms with van der Waals surface area (Å²) in [5.41, 5.74) is 1.45. The Kier molecular flexibility index (Phi) is 4.30. The van der Waals surface area contributed by atoms with Crippen LogP contribution in [0.2, 0.25) is 0 Å². The van der Waals surface area contributed by atoms with Crippen molar-refractivity contribution in [3.63, 3.8) is 0 Å². The van der Waals surface area contributed by atoms with Crippen LogP contribution in [0, 0.1) is 11.3 Å². The lowest BCUT2D eigenvalue weighted by Gasteiger charge is -2.51. The van der Waals surface area contributed by atoms with Gasteiger partial charge in [-0.05, 0) is 66.8 Å². The number of para-hydroxylation sites is 1. The highest BCUT2D eigenvalue weighted by Crippen LogP contribution is 2.66. The Morgan fingerprint density at radius 3 is 2.48 bits per heavy atom. The molecule has 0 aromatic heterocycles. The van der Waals surface area contributed by atoms with E-state index in [-0.39, 0.29) is 17.4 Å². The third-order valence-electron chi connectivity index (χ3n) is 6.49. The third kappa shape index (κ3) is 2.66. The molecule has 1 N–H and O–H groups in total. The molecule has 0 saturated heterocycles. The highest BCUT2D eigenvalue weighted by molar-refractivity contribution is 5.40. The van der Waals surface area contributed by atoms with Gasteiger partial charge in [0.15, 0.2) is 0 Å². The van der Waals surface area contributed by atoms with Crippen molar-refractivity contribution in [2.45, 2.75) is 31.1 Å². The lowest BCUT2D eigenvalue weighted by molar-refractivity contribution is -0.0429. The molecular weight excluding hydrogens is 312 g/mol. The van der Waals surface area contributed by atoms with Gasteiger partial charge in [0.25, 0.3) is 0 Å². The molecule has 0 amide bonds. The number of rotatable bonds is 6. The average molecular weight is 338 g/mol. The van der Waals surface area contributed by atoms with Gasteiger partial charge in [0.05, 0.1) is 13.2 Å². The molecule has 3 atom stereocenters. The fourth-order valence-electron chi connectivity index (χ4n) is 5.15. The van der Waals surface area contributed by atoms with Crippen LogP contribution in [-0.4, -0.2) is 25.4 Å². The van der Waals surface area contributed by atoms with Crippen molar-refractivity contribution >= 4 is 0 Å². The second-order valence-electron chi connectivity index (χ2n) is 7.64. The molecule has 2 fully saturated rings. The van der Waals surface area contributed by atoms with Crippen LogP contribution in [0.5, 0.6) is 11.5 Å². The maximum absolute atomic E-state index is 10.1. The van der Waals surface area contributed by atoms with Gasteiger partial charge in [0, 0.05) is 12.5 Å². The van der Waals surface area contributed by atoms with Gasteiger partial charge < -0.3 is 14.6 Å². The first-order valence-corrected chi connectivity index (χ1v) is 9.16. The molecular formula is C22H26O3. The van der Waals surface area contributed by atoms with Crippen LogP contribution in [0.15, 0.2) is 54.6 Å². The lowest BCUT2D eigenvalue weighted by atomic mass is 9.53. The zero-order chi connectivity index (χ0) is 17.3. The van der Waals surface area contributed by atoms with Crippen LogP contribution in [0.3, 0.4) is 0 Å². The van der Waals surface area contributed by atoms with Gasteiger partial charge in [0.2, 0.25) is 0 Å². The van der Waals surface area contributed by atoms with Crippen LogP contribution in [0.25, 0.3) is 0 Å². The van der Waals surface area contributed by atoms with E-state index in [0.717, 1.165) is 24.3 Å². The van der Waals surface area contributed by atoms with E-state index in [0.29, 0.717) is 12.5 Å². The zero-order valence-electron chi connectivity index (χ0n) is 14.8. The number of hydrogen-bond donors (Lipinski definition) is 1. The van der Waals surface area contributed by atoms with Gasteiger partial charge in [-0.3, -0.25) is 0 Å². The minimum Gasteiger partial charge on any atom is -0.457 e. The molecule has 2 aromatic carbocycles. The molecule has 25 heavy (non-hydrogen) atoms. The first-order valence-electron chi connectivity index (χ1n) is 9.16. The van der Waals surface area contributed by atoms with E-state index in [1.807, 2.05) is 36.4 Å². The van der Waals surface area contributed by atoms with E-state index in [9.17, 15) is 5.11 Å². The Morgan fingerprint density at radius 2 is 1.80 bits per heavy atom. The molecule has 3 heteroatoms. The molecule has 2 aliphatic carbocycles. The Bertz CT molecular complexity index is 729. The predicted octanol–water partition coefficient (Wildman–Crippen LogP) is 4.55. The molecule has 4 rings (SSSR count). The van der Waals surface area contributed by atoms with E-state index >= 15 is 0 Å². The van der Waals surface area contributed by atoms with E-state index in [2.05, 4.69) is 18.2 Å². The number of fused-ring (bicyclic) bond motifs is 1. The Morgan fingerprint density at radius 1 is 1.00 bits per heavy atom. The summed E-state index contributed by atoms with van der Waals surface area (Å²) >= 11 is 0. The van der Waals surface area contributed by atoms with Crippen LogP contribution in [0.4, 0.5) is 0 Å². The first-order chi connectivity index (χ1) is 12.2. The molecule has 2 aliphatic rings. The van der Waals surface area contributed by atoms with Gasteiger partial charge >= 0.3 is 0 Å². The summed E-state index contributed by atoms with van der Waals surface area (Å²) in [6, 6.07) is 18.4. The average Bonchev–Trinajstić information content (AvgIpc) is 2.84.